The Hall–Kier alpha value is -1.42. The van der Waals surface area contributed by atoms with Gasteiger partial charge in [0.05, 0.1) is 13.2 Å². The van der Waals surface area contributed by atoms with Crippen LogP contribution in [0.25, 0.3) is 0 Å². The van der Waals surface area contributed by atoms with E-state index < -0.39 is 0 Å². The Kier molecular flexibility index (Phi) is 4.09. The summed E-state index contributed by atoms with van der Waals surface area (Å²) in [6.07, 6.45) is 0.882. The van der Waals surface area contributed by atoms with E-state index in [-0.39, 0.29) is 11.8 Å². The predicted molar refractivity (Wildman–Crippen MR) is 64.6 cm³/mol. The molecule has 5 heteroatoms. The van der Waals surface area contributed by atoms with Gasteiger partial charge in [-0.2, -0.15) is 0 Å². The number of benzene rings is 1. The summed E-state index contributed by atoms with van der Waals surface area (Å²) in [5.41, 5.74) is 0.965. The Morgan fingerprint density at radius 3 is 2.82 bits per heavy atom. The van der Waals surface area contributed by atoms with Crippen molar-refractivity contribution in [3.63, 3.8) is 0 Å². The number of hydrogen-bond donors (Lipinski definition) is 1. The molecule has 1 aromatic carbocycles. The van der Waals surface area contributed by atoms with Crippen molar-refractivity contribution in [2.75, 3.05) is 19.1 Å². The lowest BCUT2D eigenvalue weighted by atomic mass is 10.2. The molecule has 1 aliphatic heterocycles. The molecule has 0 bridgehead atoms. The molecule has 0 spiro atoms. The molecule has 17 heavy (non-hydrogen) atoms. The van der Waals surface area contributed by atoms with Gasteiger partial charge in [-0.3, -0.25) is 4.79 Å². The molecule has 0 saturated carbocycles. The van der Waals surface area contributed by atoms with Gasteiger partial charge in [0.15, 0.2) is 11.5 Å². The van der Waals surface area contributed by atoms with Crippen molar-refractivity contribution >= 4 is 17.5 Å². The van der Waals surface area contributed by atoms with E-state index in [4.69, 9.17) is 21.1 Å². The SMILES string of the molecule is O=C(CCl)NCc1ccc2c(c1)OCCCO2. The second-order valence-electron chi connectivity index (χ2n) is 3.74. The second-order valence-corrected chi connectivity index (χ2v) is 4.01. The Morgan fingerprint density at radius 2 is 2.06 bits per heavy atom. The van der Waals surface area contributed by atoms with Gasteiger partial charge in [0, 0.05) is 13.0 Å². The number of hydrogen-bond acceptors (Lipinski definition) is 3. The maximum absolute atomic E-state index is 11.0. The number of alkyl halides is 1. The molecular weight excluding hydrogens is 242 g/mol. The quantitative estimate of drug-likeness (QED) is 0.837. The zero-order valence-electron chi connectivity index (χ0n) is 9.37. The van der Waals surface area contributed by atoms with Gasteiger partial charge >= 0.3 is 0 Å². The molecule has 0 atom stereocenters. The summed E-state index contributed by atoms with van der Waals surface area (Å²) in [6, 6.07) is 5.65. The van der Waals surface area contributed by atoms with E-state index in [0.717, 1.165) is 23.5 Å². The second kappa shape index (κ2) is 5.77. The fourth-order valence-electron chi connectivity index (χ4n) is 1.57. The van der Waals surface area contributed by atoms with Crippen LogP contribution in [-0.4, -0.2) is 25.0 Å². The fraction of sp³-hybridized carbons (Fsp3) is 0.417. The number of fused-ring (bicyclic) bond motifs is 1. The van der Waals surface area contributed by atoms with Crippen molar-refractivity contribution in [2.45, 2.75) is 13.0 Å². The van der Waals surface area contributed by atoms with E-state index in [1.807, 2.05) is 18.2 Å². The molecule has 0 aliphatic carbocycles. The number of rotatable bonds is 3. The molecule has 0 aromatic heterocycles. The van der Waals surface area contributed by atoms with Gasteiger partial charge in [-0.05, 0) is 17.7 Å². The highest BCUT2D eigenvalue weighted by Crippen LogP contribution is 2.30. The fourth-order valence-corrected chi connectivity index (χ4v) is 1.66. The van der Waals surface area contributed by atoms with E-state index in [1.165, 1.54) is 0 Å². The van der Waals surface area contributed by atoms with Crippen LogP contribution < -0.4 is 14.8 Å². The molecule has 1 N–H and O–H groups in total. The molecule has 1 aliphatic rings. The normalized spacial score (nSPS) is 13.9. The van der Waals surface area contributed by atoms with Crippen LogP contribution in [0.15, 0.2) is 18.2 Å². The zero-order chi connectivity index (χ0) is 12.1. The van der Waals surface area contributed by atoms with Gasteiger partial charge in [-0.1, -0.05) is 6.07 Å². The molecule has 92 valence electrons. The lowest BCUT2D eigenvalue weighted by Crippen LogP contribution is -2.23. The van der Waals surface area contributed by atoms with Crippen LogP contribution in [0.2, 0.25) is 0 Å². The average Bonchev–Trinajstić information content (AvgIpc) is 2.60. The maximum Gasteiger partial charge on any atom is 0.235 e. The van der Waals surface area contributed by atoms with E-state index in [2.05, 4.69) is 5.32 Å². The first kappa shape index (κ1) is 12.0. The first-order valence-electron chi connectivity index (χ1n) is 5.51. The van der Waals surface area contributed by atoms with Crippen molar-refractivity contribution < 1.29 is 14.3 Å². The highest BCUT2D eigenvalue weighted by Gasteiger charge is 2.10. The highest BCUT2D eigenvalue weighted by molar-refractivity contribution is 6.27. The number of amides is 1. The lowest BCUT2D eigenvalue weighted by molar-refractivity contribution is -0.118. The van der Waals surface area contributed by atoms with Gasteiger partial charge < -0.3 is 14.8 Å². The van der Waals surface area contributed by atoms with Gasteiger partial charge in [-0.25, -0.2) is 0 Å². The van der Waals surface area contributed by atoms with Gasteiger partial charge in [0.2, 0.25) is 5.91 Å². The van der Waals surface area contributed by atoms with E-state index >= 15 is 0 Å². The molecule has 4 nitrogen and oxygen atoms in total. The van der Waals surface area contributed by atoms with Crippen molar-refractivity contribution in [1.29, 1.82) is 0 Å². The molecule has 1 amide bonds. The zero-order valence-corrected chi connectivity index (χ0v) is 10.1. The summed E-state index contributed by atoms with van der Waals surface area (Å²) in [5.74, 6) is 1.29. The number of ether oxygens (including phenoxy) is 2. The molecule has 0 unspecified atom stereocenters. The van der Waals surface area contributed by atoms with Crippen molar-refractivity contribution in [3.05, 3.63) is 23.8 Å². The Balaban J connectivity index is 2.04. The van der Waals surface area contributed by atoms with E-state index in [9.17, 15) is 4.79 Å². The molecule has 0 saturated heterocycles. The minimum atomic E-state index is -0.182. The summed E-state index contributed by atoms with van der Waals surface area (Å²) < 4.78 is 11.1. The van der Waals surface area contributed by atoms with Crippen LogP contribution in [0.4, 0.5) is 0 Å². The first-order chi connectivity index (χ1) is 8.29. The molecule has 0 radical (unpaired) electrons. The number of carbonyl (C=O) groups is 1. The first-order valence-corrected chi connectivity index (χ1v) is 6.04. The summed E-state index contributed by atoms with van der Waals surface area (Å²) in [7, 11) is 0. The summed E-state index contributed by atoms with van der Waals surface area (Å²) >= 11 is 5.40. The van der Waals surface area contributed by atoms with Crippen LogP contribution in [0.5, 0.6) is 11.5 Å². The predicted octanol–water partition coefficient (Wildman–Crippen LogP) is 1.70. The third-order valence-corrected chi connectivity index (χ3v) is 2.67. The minimum absolute atomic E-state index is 0.0233. The molecule has 2 rings (SSSR count). The molecule has 0 fully saturated rings. The molecular formula is C12H14ClNO3. The van der Waals surface area contributed by atoms with Crippen LogP contribution >= 0.6 is 11.6 Å². The van der Waals surface area contributed by atoms with Crippen LogP contribution in [-0.2, 0) is 11.3 Å². The van der Waals surface area contributed by atoms with Crippen molar-refractivity contribution in [3.8, 4) is 11.5 Å². The van der Waals surface area contributed by atoms with Gasteiger partial charge in [0.1, 0.15) is 5.88 Å². The smallest absolute Gasteiger partial charge is 0.235 e. The third kappa shape index (κ3) is 3.27. The number of carbonyl (C=O) groups excluding carboxylic acids is 1. The summed E-state index contributed by atoms with van der Waals surface area (Å²) in [4.78, 5) is 11.0. The molecule has 1 aromatic rings. The van der Waals surface area contributed by atoms with Crippen molar-refractivity contribution in [2.24, 2.45) is 0 Å². The standard InChI is InChI=1S/C12H14ClNO3/c13-7-12(15)14-8-9-2-3-10-11(6-9)17-5-1-4-16-10/h2-3,6H,1,4-5,7-8H2,(H,14,15). The van der Waals surface area contributed by atoms with Gasteiger partial charge in [0.25, 0.3) is 0 Å². The monoisotopic (exact) mass is 255 g/mol. The third-order valence-electron chi connectivity index (χ3n) is 2.42. The van der Waals surface area contributed by atoms with Crippen LogP contribution in [0.3, 0.4) is 0 Å². The minimum Gasteiger partial charge on any atom is -0.490 e. The van der Waals surface area contributed by atoms with E-state index in [0.29, 0.717) is 19.8 Å². The van der Waals surface area contributed by atoms with Gasteiger partial charge in [-0.15, -0.1) is 11.6 Å². The van der Waals surface area contributed by atoms with Crippen LogP contribution in [0.1, 0.15) is 12.0 Å². The Bertz CT molecular complexity index is 409. The lowest BCUT2D eigenvalue weighted by Gasteiger charge is -2.09. The number of nitrogens with one attached hydrogen (secondary N) is 1. The van der Waals surface area contributed by atoms with Crippen LogP contribution in [0, 0.1) is 0 Å². The highest BCUT2D eigenvalue weighted by atomic mass is 35.5. The topological polar surface area (TPSA) is 47.6 Å². The maximum atomic E-state index is 11.0. The Morgan fingerprint density at radius 1 is 1.29 bits per heavy atom. The largest absolute Gasteiger partial charge is 0.490 e. The van der Waals surface area contributed by atoms with E-state index in [1.54, 1.807) is 0 Å². The summed E-state index contributed by atoms with van der Waals surface area (Å²) in [6.45, 7) is 1.78. The van der Waals surface area contributed by atoms with Crippen molar-refractivity contribution in [1.82, 2.24) is 5.32 Å². The number of halogens is 1. The summed E-state index contributed by atoms with van der Waals surface area (Å²) in [5, 5.41) is 2.70. The average molecular weight is 256 g/mol. The molecule has 1 heterocycles. The Labute approximate surface area is 105 Å².